The Morgan fingerprint density at radius 1 is 1.25 bits per heavy atom. The van der Waals surface area contributed by atoms with E-state index in [2.05, 4.69) is 32.7 Å². The first-order valence-corrected chi connectivity index (χ1v) is 6.59. The smallest absolute Gasteiger partial charge is 0.0798 e. The summed E-state index contributed by atoms with van der Waals surface area (Å²) in [5.74, 6) is 0. The summed E-state index contributed by atoms with van der Waals surface area (Å²) in [6.45, 7) is 2.02. The standard InChI is InChI=1S/C15H17N5/c1-10-8-12(11-6-4-5-7-13(11)18-10)15(16-2)14-9-17-19-20(14)3/h4-9,15-16H,1-3H3. The van der Waals surface area contributed by atoms with E-state index in [4.69, 9.17) is 0 Å². The number of aryl methyl sites for hydroxylation is 2. The van der Waals surface area contributed by atoms with Crippen LogP contribution in [0.4, 0.5) is 0 Å². The van der Waals surface area contributed by atoms with E-state index in [0.29, 0.717) is 0 Å². The number of nitrogens with zero attached hydrogens (tertiary/aromatic N) is 4. The van der Waals surface area contributed by atoms with Crippen LogP contribution in [-0.4, -0.2) is 27.0 Å². The Morgan fingerprint density at radius 2 is 2.05 bits per heavy atom. The Hall–Kier alpha value is -2.27. The molecule has 0 radical (unpaired) electrons. The number of fused-ring (bicyclic) bond motifs is 1. The van der Waals surface area contributed by atoms with E-state index in [9.17, 15) is 0 Å². The lowest BCUT2D eigenvalue weighted by atomic mass is 9.99. The lowest BCUT2D eigenvalue weighted by Gasteiger charge is -2.19. The number of rotatable bonds is 3. The van der Waals surface area contributed by atoms with Gasteiger partial charge < -0.3 is 5.32 Å². The molecule has 0 amide bonds. The zero-order chi connectivity index (χ0) is 14.1. The van der Waals surface area contributed by atoms with Gasteiger partial charge in [0, 0.05) is 18.1 Å². The van der Waals surface area contributed by atoms with Crippen molar-refractivity contribution in [1.82, 2.24) is 25.3 Å². The molecule has 0 saturated carbocycles. The predicted molar refractivity (Wildman–Crippen MR) is 78.4 cm³/mol. The van der Waals surface area contributed by atoms with Crippen molar-refractivity contribution in [3.63, 3.8) is 0 Å². The zero-order valence-electron chi connectivity index (χ0n) is 11.8. The molecule has 2 heterocycles. The Kier molecular flexibility index (Phi) is 3.20. The molecule has 0 fully saturated rings. The molecule has 0 saturated heterocycles. The maximum absolute atomic E-state index is 4.59. The van der Waals surface area contributed by atoms with Crippen molar-refractivity contribution in [2.45, 2.75) is 13.0 Å². The lowest BCUT2D eigenvalue weighted by molar-refractivity contribution is 0.600. The van der Waals surface area contributed by atoms with Crippen LogP contribution in [0.15, 0.2) is 36.5 Å². The Morgan fingerprint density at radius 3 is 2.75 bits per heavy atom. The van der Waals surface area contributed by atoms with E-state index in [0.717, 1.165) is 22.3 Å². The van der Waals surface area contributed by atoms with Gasteiger partial charge in [0.1, 0.15) is 0 Å². The number of hydrogen-bond donors (Lipinski definition) is 1. The highest BCUT2D eigenvalue weighted by Crippen LogP contribution is 2.28. The van der Waals surface area contributed by atoms with E-state index in [1.54, 1.807) is 10.9 Å². The van der Waals surface area contributed by atoms with Crippen molar-refractivity contribution in [2.24, 2.45) is 7.05 Å². The molecule has 0 spiro atoms. The fraction of sp³-hybridized carbons (Fsp3) is 0.267. The van der Waals surface area contributed by atoms with Gasteiger partial charge >= 0.3 is 0 Å². The molecule has 0 aliphatic carbocycles. The third kappa shape index (κ3) is 2.06. The van der Waals surface area contributed by atoms with E-state index >= 15 is 0 Å². The molecule has 1 N–H and O–H groups in total. The largest absolute Gasteiger partial charge is 0.308 e. The first-order chi connectivity index (χ1) is 9.70. The average molecular weight is 267 g/mol. The van der Waals surface area contributed by atoms with Crippen molar-refractivity contribution < 1.29 is 0 Å². The van der Waals surface area contributed by atoms with Crippen molar-refractivity contribution >= 4 is 10.9 Å². The monoisotopic (exact) mass is 267 g/mol. The van der Waals surface area contributed by atoms with Gasteiger partial charge in [0.15, 0.2) is 0 Å². The van der Waals surface area contributed by atoms with Gasteiger partial charge in [0.05, 0.1) is 23.4 Å². The van der Waals surface area contributed by atoms with Crippen LogP contribution < -0.4 is 5.32 Å². The third-order valence-electron chi connectivity index (χ3n) is 3.52. The molecule has 0 aliphatic rings. The molecule has 5 heteroatoms. The van der Waals surface area contributed by atoms with Gasteiger partial charge in [-0.05, 0) is 31.7 Å². The second kappa shape index (κ2) is 5.02. The SMILES string of the molecule is CNC(c1cc(C)nc2ccccc12)c1cnnn1C. The molecule has 1 unspecified atom stereocenters. The number of para-hydroxylation sites is 1. The Labute approximate surface area is 117 Å². The molecule has 2 aromatic heterocycles. The lowest BCUT2D eigenvalue weighted by Crippen LogP contribution is -2.21. The Bertz CT molecular complexity index is 747. The molecule has 3 aromatic rings. The minimum atomic E-state index is 0.0431. The van der Waals surface area contributed by atoms with E-state index in [-0.39, 0.29) is 6.04 Å². The van der Waals surface area contributed by atoms with Crippen LogP contribution in [0.1, 0.15) is 23.0 Å². The summed E-state index contributed by atoms with van der Waals surface area (Å²) >= 11 is 0. The topological polar surface area (TPSA) is 55.6 Å². The van der Waals surface area contributed by atoms with Gasteiger partial charge in [-0.1, -0.05) is 23.4 Å². The summed E-state index contributed by atoms with van der Waals surface area (Å²) in [4.78, 5) is 4.59. The first-order valence-electron chi connectivity index (χ1n) is 6.59. The number of hydrogen-bond acceptors (Lipinski definition) is 4. The molecule has 5 nitrogen and oxygen atoms in total. The van der Waals surface area contributed by atoms with Gasteiger partial charge in [-0.25, -0.2) is 0 Å². The highest BCUT2D eigenvalue weighted by Gasteiger charge is 2.19. The van der Waals surface area contributed by atoms with Crippen LogP contribution in [0.3, 0.4) is 0 Å². The van der Waals surface area contributed by atoms with Crippen molar-refractivity contribution in [3.8, 4) is 0 Å². The van der Waals surface area contributed by atoms with Crippen LogP contribution in [0.25, 0.3) is 10.9 Å². The number of benzene rings is 1. The van der Waals surface area contributed by atoms with E-state index in [1.807, 2.05) is 39.2 Å². The summed E-state index contributed by atoms with van der Waals surface area (Å²) < 4.78 is 1.80. The van der Waals surface area contributed by atoms with Gasteiger partial charge in [-0.3, -0.25) is 9.67 Å². The van der Waals surface area contributed by atoms with Crippen LogP contribution in [0.2, 0.25) is 0 Å². The van der Waals surface area contributed by atoms with Gasteiger partial charge in [-0.15, -0.1) is 5.10 Å². The number of pyridine rings is 1. The minimum absolute atomic E-state index is 0.0431. The van der Waals surface area contributed by atoms with Crippen molar-refractivity contribution in [2.75, 3.05) is 7.05 Å². The molecule has 20 heavy (non-hydrogen) atoms. The second-order valence-electron chi connectivity index (χ2n) is 4.87. The second-order valence-corrected chi connectivity index (χ2v) is 4.87. The molecule has 1 atom stereocenters. The van der Waals surface area contributed by atoms with Gasteiger partial charge in [0.25, 0.3) is 0 Å². The van der Waals surface area contributed by atoms with E-state index in [1.165, 1.54) is 5.56 Å². The third-order valence-corrected chi connectivity index (χ3v) is 3.52. The van der Waals surface area contributed by atoms with Crippen LogP contribution >= 0.6 is 0 Å². The van der Waals surface area contributed by atoms with Crippen LogP contribution in [0.5, 0.6) is 0 Å². The van der Waals surface area contributed by atoms with Crippen molar-refractivity contribution in [1.29, 1.82) is 0 Å². The molecular formula is C15H17N5. The molecule has 0 bridgehead atoms. The summed E-state index contributed by atoms with van der Waals surface area (Å²) in [6, 6.07) is 10.4. The highest BCUT2D eigenvalue weighted by atomic mass is 15.4. The Balaban J connectivity index is 2.24. The summed E-state index contributed by atoms with van der Waals surface area (Å²) in [5, 5.41) is 12.5. The fourth-order valence-corrected chi connectivity index (χ4v) is 2.60. The zero-order valence-corrected chi connectivity index (χ0v) is 11.8. The molecule has 1 aromatic carbocycles. The molecule has 102 valence electrons. The van der Waals surface area contributed by atoms with Crippen LogP contribution in [0, 0.1) is 6.92 Å². The number of aromatic nitrogens is 4. The summed E-state index contributed by atoms with van der Waals surface area (Å²) in [7, 11) is 3.85. The predicted octanol–water partition coefficient (Wildman–Crippen LogP) is 1.98. The van der Waals surface area contributed by atoms with Gasteiger partial charge in [0.2, 0.25) is 0 Å². The summed E-state index contributed by atoms with van der Waals surface area (Å²) in [5.41, 5.74) is 4.25. The maximum atomic E-state index is 4.59. The maximum Gasteiger partial charge on any atom is 0.0798 e. The molecular weight excluding hydrogens is 250 g/mol. The fourth-order valence-electron chi connectivity index (χ4n) is 2.60. The quantitative estimate of drug-likeness (QED) is 0.788. The van der Waals surface area contributed by atoms with Gasteiger partial charge in [-0.2, -0.15) is 0 Å². The normalized spacial score (nSPS) is 12.8. The highest BCUT2D eigenvalue weighted by molar-refractivity contribution is 5.83. The first kappa shape index (κ1) is 12.7. The molecule has 0 aliphatic heterocycles. The average Bonchev–Trinajstić information content (AvgIpc) is 2.86. The van der Waals surface area contributed by atoms with E-state index < -0.39 is 0 Å². The van der Waals surface area contributed by atoms with Crippen molar-refractivity contribution in [3.05, 3.63) is 53.5 Å². The number of nitrogens with one attached hydrogen (secondary N) is 1. The summed E-state index contributed by atoms with van der Waals surface area (Å²) in [6.07, 6.45) is 1.80. The van der Waals surface area contributed by atoms with Crippen LogP contribution in [-0.2, 0) is 7.05 Å². The minimum Gasteiger partial charge on any atom is -0.308 e. The molecule has 3 rings (SSSR count).